The molecule has 2 aromatic rings. The summed E-state index contributed by atoms with van der Waals surface area (Å²) >= 11 is 1.73. The molecular weight excluding hydrogens is 280 g/mol. The van der Waals surface area contributed by atoms with Crippen LogP contribution in [0.3, 0.4) is 0 Å². The first kappa shape index (κ1) is 15.7. The van der Waals surface area contributed by atoms with E-state index >= 15 is 0 Å². The van der Waals surface area contributed by atoms with E-state index in [1.807, 2.05) is 50.2 Å². The summed E-state index contributed by atoms with van der Waals surface area (Å²) in [5.74, 6) is 1.79. The van der Waals surface area contributed by atoms with E-state index in [4.69, 9.17) is 4.42 Å². The van der Waals surface area contributed by atoms with Gasteiger partial charge < -0.3 is 4.42 Å². The maximum Gasteiger partial charge on any atom is 0.133 e. The summed E-state index contributed by atoms with van der Waals surface area (Å²) in [5, 5.41) is 13.1. The minimum absolute atomic E-state index is 0.624. The van der Waals surface area contributed by atoms with E-state index in [0.717, 1.165) is 34.9 Å². The maximum absolute atomic E-state index is 9.73. The number of aryl methyl sites for hydroxylation is 1. The van der Waals surface area contributed by atoms with Gasteiger partial charge in [0.25, 0.3) is 0 Å². The third-order valence-corrected chi connectivity index (χ3v) is 4.62. The molecule has 4 heteroatoms. The minimum Gasteiger partial charge on any atom is -0.468 e. The van der Waals surface area contributed by atoms with Gasteiger partial charge in [0.1, 0.15) is 11.3 Å². The lowest BCUT2D eigenvalue weighted by Crippen LogP contribution is -2.41. The first-order valence-electron chi connectivity index (χ1n) is 7.10. The zero-order valence-electron chi connectivity index (χ0n) is 12.4. The molecule has 3 nitrogen and oxygen atoms in total. The lowest BCUT2D eigenvalue weighted by atomic mass is 9.88. The van der Waals surface area contributed by atoms with Crippen LogP contribution in [0.1, 0.15) is 24.7 Å². The highest BCUT2D eigenvalue weighted by molar-refractivity contribution is 7.99. The monoisotopic (exact) mass is 300 g/mol. The van der Waals surface area contributed by atoms with Crippen LogP contribution in [0, 0.1) is 18.3 Å². The van der Waals surface area contributed by atoms with E-state index in [-0.39, 0.29) is 0 Å². The minimum atomic E-state index is -0.624. The Labute approximate surface area is 130 Å². The number of nitriles is 1. The standard InChI is InChI=1S/C17H20N2OS/c1-3-19-17(13-18,15-7-5-4-6-8-15)10-12-21-16-9-11-20-14(16)2/h4-9,11,19H,3,10,12H2,1-2H3. The van der Waals surface area contributed by atoms with Crippen molar-refractivity contribution < 1.29 is 4.42 Å². The second kappa shape index (κ2) is 7.35. The highest BCUT2D eigenvalue weighted by atomic mass is 32.2. The van der Waals surface area contributed by atoms with Crippen LogP contribution in [0.2, 0.25) is 0 Å². The van der Waals surface area contributed by atoms with Gasteiger partial charge in [-0.3, -0.25) is 5.32 Å². The van der Waals surface area contributed by atoms with E-state index < -0.39 is 5.54 Å². The van der Waals surface area contributed by atoms with Crippen molar-refractivity contribution in [3.8, 4) is 6.07 Å². The molecular formula is C17H20N2OS. The largest absolute Gasteiger partial charge is 0.468 e. The van der Waals surface area contributed by atoms with Crippen LogP contribution >= 0.6 is 11.8 Å². The van der Waals surface area contributed by atoms with Gasteiger partial charge in [-0.15, -0.1) is 11.8 Å². The Hall–Kier alpha value is -1.70. The Bertz CT molecular complexity index is 603. The molecule has 0 spiro atoms. The van der Waals surface area contributed by atoms with Gasteiger partial charge in [0.15, 0.2) is 0 Å². The molecule has 21 heavy (non-hydrogen) atoms. The fourth-order valence-corrected chi connectivity index (χ4v) is 3.39. The molecule has 0 saturated heterocycles. The number of hydrogen-bond donors (Lipinski definition) is 1. The molecule has 1 heterocycles. The van der Waals surface area contributed by atoms with E-state index in [1.54, 1.807) is 18.0 Å². The van der Waals surface area contributed by atoms with Gasteiger partial charge >= 0.3 is 0 Å². The van der Waals surface area contributed by atoms with Crippen LogP contribution in [0.4, 0.5) is 0 Å². The molecule has 0 fully saturated rings. The van der Waals surface area contributed by atoms with Crippen molar-refractivity contribution in [3.63, 3.8) is 0 Å². The quantitative estimate of drug-likeness (QED) is 0.782. The van der Waals surface area contributed by atoms with Gasteiger partial charge in [-0.2, -0.15) is 5.26 Å². The van der Waals surface area contributed by atoms with Gasteiger partial charge in [0, 0.05) is 10.6 Å². The number of nitrogens with one attached hydrogen (secondary N) is 1. The predicted molar refractivity (Wildman–Crippen MR) is 86.2 cm³/mol. The Morgan fingerprint density at radius 3 is 2.62 bits per heavy atom. The summed E-state index contributed by atoms with van der Waals surface area (Å²) < 4.78 is 5.30. The smallest absolute Gasteiger partial charge is 0.133 e. The Kier molecular flexibility index (Phi) is 5.49. The van der Waals surface area contributed by atoms with E-state index in [9.17, 15) is 5.26 Å². The van der Waals surface area contributed by atoms with Crippen molar-refractivity contribution in [2.75, 3.05) is 12.3 Å². The summed E-state index contributed by atoms with van der Waals surface area (Å²) in [6.07, 6.45) is 2.45. The van der Waals surface area contributed by atoms with Crippen LogP contribution in [0.25, 0.3) is 0 Å². The Morgan fingerprint density at radius 2 is 2.05 bits per heavy atom. The van der Waals surface area contributed by atoms with Crippen LogP contribution in [0.15, 0.2) is 52.0 Å². The Balaban J connectivity index is 2.10. The molecule has 1 N–H and O–H groups in total. The average Bonchev–Trinajstić information content (AvgIpc) is 2.92. The van der Waals surface area contributed by atoms with Gasteiger partial charge in [0.2, 0.25) is 0 Å². The van der Waals surface area contributed by atoms with Crippen molar-refractivity contribution in [2.45, 2.75) is 30.7 Å². The van der Waals surface area contributed by atoms with Crippen LogP contribution in [-0.4, -0.2) is 12.3 Å². The summed E-state index contributed by atoms with van der Waals surface area (Å²) in [4.78, 5) is 1.14. The fourth-order valence-electron chi connectivity index (χ4n) is 2.36. The zero-order valence-corrected chi connectivity index (χ0v) is 13.2. The molecule has 0 aliphatic carbocycles. The van der Waals surface area contributed by atoms with Crippen LogP contribution in [0.5, 0.6) is 0 Å². The van der Waals surface area contributed by atoms with Gasteiger partial charge in [-0.05, 0) is 31.5 Å². The molecule has 1 atom stereocenters. The van der Waals surface area contributed by atoms with Crippen LogP contribution < -0.4 is 5.32 Å². The maximum atomic E-state index is 9.73. The van der Waals surface area contributed by atoms with Crippen molar-refractivity contribution in [2.24, 2.45) is 0 Å². The first-order valence-corrected chi connectivity index (χ1v) is 8.09. The topological polar surface area (TPSA) is 49.0 Å². The zero-order chi connectivity index (χ0) is 15.1. The fraction of sp³-hybridized carbons (Fsp3) is 0.353. The molecule has 2 rings (SSSR count). The molecule has 1 aromatic carbocycles. The molecule has 0 bridgehead atoms. The van der Waals surface area contributed by atoms with Crippen molar-refractivity contribution in [1.29, 1.82) is 5.26 Å². The normalized spacial score (nSPS) is 13.6. The van der Waals surface area contributed by atoms with Gasteiger partial charge in [0.05, 0.1) is 12.3 Å². The highest BCUT2D eigenvalue weighted by Crippen LogP contribution is 2.30. The summed E-state index contributed by atoms with van der Waals surface area (Å²) in [6.45, 7) is 4.75. The molecule has 1 aromatic heterocycles. The molecule has 1 unspecified atom stereocenters. The summed E-state index contributed by atoms with van der Waals surface area (Å²) in [6, 6.07) is 14.4. The van der Waals surface area contributed by atoms with E-state index in [2.05, 4.69) is 11.4 Å². The third-order valence-electron chi connectivity index (χ3n) is 3.48. The second-order valence-electron chi connectivity index (χ2n) is 4.85. The SMILES string of the molecule is CCNC(C#N)(CCSc1ccoc1C)c1ccccc1. The first-order chi connectivity index (χ1) is 10.2. The number of furan rings is 1. The average molecular weight is 300 g/mol. The molecule has 0 amide bonds. The summed E-state index contributed by atoms with van der Waals surface area (Å²) in [7, 11) is 0. The number of rotatable bonds is 7. The van der Waals surface area contributed by atoms with Crippen molar-refractivity contribution in [3.05, 3.63) is 54.0 Å². The number of thioether (sulfide) groups is 1. The highest BCUT2D eigenvalue weighted by Gasteiger charge is 2.30. The van der Waals surface area contributed by atoms with Gasteiger partial charge in [-0.25, -0.2) is 0 Å². The summed E-state index contributed by atoms with van der Waals surface area (Å²) in [5.41, 5.74) is 0.402. The molecule has 0 aliphatic rings. The lowest BCUT2D eigenvalue weighted by Gasteiger charge is -2.28. The number of benzene rings is 1. The van der Waals surface area contributed by atoms with Crippen molar-refractivity contribution >= 4 is 11.8 Å². The molecule has 110 valence electrons. The second-order valence-corrected chi connectivity index (χ2v) is 5.99. The lowest BCUT2D eigenvalue weighted by molar-refractivity contribution is 0.428. The number of nitrogens with zero attached hydrogens (tertiary/aromatic N) is 1. The molecule has 0 saturated carbocycles. The Morgan fingerprint density at radius 1 is 1.29 bits per heavy atom. The van der Waals surface area contributed by atoms with E-state index in [1.165, 1.54) is 0 Å². The third kappa shape index (κ3) is 3.69. The number of hydrogen-bond acceptors (Lipinski definition) is 4. The predicted octanol–water partition coefficient (Wildman–Crippen LogP) is 4.10. The van der Waals surface area contributed by atoms with Crippen molar-refractivity contribution in [1.82, 2.24) is 5.32 Å². The van der Waals surface area contributed by atoms with E-state index in [0.29, 0.717) is 0 Å². The molecule has 0 aliphatic heterocycles. The van der Waals surface area contributed by atoms with Gasteiger partial charge in [-0.1, -0.05) is 37.3 Å². The van der Waals surface area contributed by atoms with Crippen LogP contribution in [-0.2, 0) is 5.54 Å². The molecule has 0 radical (unpaired) electrons.